The summed E-state index contributed by atoms with van der Waals surface area (Å²) in [6.45, 7) is -0.0511. The van der Waals surface area contributed by atoms with Crippen molar-refractivity contribution in [3.8, 4) is 0 Å². The van der Waals surface area contributed by atoms with Gasteiger partial charge < -0.3 is 15.8 Å². The van der Waals surface area contributed by atoms with Gasteiger partial charge >= 0.3 is 0 Å². The number of aliphatic hydroxyl groups is 1. The summed E-state index contributed by atoms with van der Waals surface area (Å²) >= 11 is 3.45. The van der Waals surface area contributed by atoms with Gasteiger partial charge in [-0.3, -0.25) is 0 Å². The highest BCUT2D eigenvalue weighted by Gasteiger charge is 2.08. The Labute approximate surface area is 90.1 Å². The Hall–Kier alpha value is -0.840. The number of rotatable bonds is 2. The Morgan fingerprint density at radius 1 is 1.50 bits per heavy atom. The SMILES string of the molecule is NC(CO)c1cc2cccc(Br)c2[nH]1. The minimum Gasteiger partial charge on any atom is -0.394 e. The van der Waals surface area contributed by atoms with E-state index in [0.29, 0.717) is 0 Å². The monoisotopic (exact) mass is 254 g/mol. The van der Waals surface area contributed by atoms with Crippen LogP contribution in [0.1, 0.15) is 11.7 Å². The molecule has 2 aromatic rings. The number of hydrogen-bond donors (Lipinski definition) is 3. The largest absolute Gasteiger partial charge is 0.394 e. The second kappa shape index (κ2) is 3.73. The number of hydrogen-bond acceptors (Lipinski definition) is 2. The number of halogens is 1. The standard InChI is InChI=1S/C10H11BrN2O/c11-7-3-1-2-6-4-9(8(12)5-14)13-10(6)7/h1-4,8,13-14H,5,12H2. The van der Waals surface area contributed by atoms with Crippen molar-refractivity contribution in [2.75, 3.05) is 6.61 Å². The Morgan fingerprint density at radius 3 is 2.93 bits per heavy atom. The van der Waals surface area contributed by atoms with Crippen LogP contribution in [0.15, 0.2) is 28.7 Å². The Bertz CT molecular complexity index is 452. The summed E-state index contributed by atoms with van der Waals surface area (Å²) in [5, 5.41) is 10.0. The van der Waals surface area contributed by atoms with Gasteiger partial charge in [0.05, 0.1) is 18.2 Å². The summed E-state index contributed by atoms with van der Waals surface area (Å²) in [6.07, 6.45) is 0. The zero-order valence-corrected chi connectivity index (χ0v) is 9.08. The number of H-pyrrole nitrogens is 1. The Kier molecular flexibility index (Phi) is 2.58. The van der Waals surface area contributed by atoms with Gasteiger partial charge in [-0.2, -0.15) is 0 Å². The molecule has 0 bridgehead atoms. The molecule has 0 saturated carbocycles. The van der Waals surface area contributed by atoms with Gasteiger partial charge in [0, 0.05) is 15.6 Å². The van der Waals surface area contributed by atoms with Crippen molar-refractivity contribution < 1.29 is 5.11 Å². The number of aromatic nitrogens is 1. The molecule has 1 aromatic carbocycles. The fraction of sp³-hybridized carbons (Fsp3) is 0.200. The van der Waals surface area contributed by atoms with Gasteiger partial charge in [-0.15, -0.1) is 0 Å². The molecule has 1 atom stereocenters. The summed E-state index contributed by atoms with van der Waals surface area (Å²) in [7, 11) is 0. The molecule has 4 N–H and O–H groups in total. The average Bonchev–Trinajstić information content (AvgIpc) is 2.62. The molecule has 1 unspecified atom stereocenters. The molecule has 0 aliphatic rings. The van der Waals surface area contributed by atoms with Crippen molar-refractivity contribution in [2.24, 2.45) is 5.73 Å². The van der Waals surface area contributed by atoms with Crippen molar-refractivity contribution >= 4 is 26.8 Å². The smallest absolute Gasteiger partial charge is 0.0683 e. The predicted molar refractivity (Wildman–Crippen MR) is 60.0 cm³/mol. The van der Waals surface area contributed by atoms with E-state index >= 15 is 0 Å². The molecule has 0 aliphatic heterocycles. The van der Waals surface area contributed by atoms with E-state index in [4.69, 9.17) is 10.8 Å². The van der Waals surface area contributed by atoms with Gasteiger partial charge in [-0.1, -0.05) is 12.1 Å². The van der Waals surface area contributed by atoms with Gasteiger partial charge in [0.25, 0.3) is 0 Å². The van der Waals surface area contributed by atoms with Gasteiger partial charge in [0.15, 0.2) is 0 Å². The van der Waals surface area contributed by atoms with E-state index in [0.717, 1.165) is 21.1 Å². The molecule has 0 amide bonds. The number of fused-ring (bicyclic) bond motifs is 1. The quantitative estimate of drug-likeness (QED) is 0.767. The van der Waals surface area contributed by atoms with Crippen LogP contribution in [0, 0.1) is 0 Å². The van der Waals surface area contributed by atoms with Crippen LogP contribution < -0.4 is 5.73 Å². The highest BCUT2D eigenvalue weighted by Crippen LogP contribution is 2.25. The summed E-state index contributed by atoms with van der Waals surface area (Å²) in [4.78, 5) is 3.18. The first-order chi connectivity index (χ1) is 6.72. The zero-order chi connectivity index (χ0) is 10.1. The highest BCUT2D eigenvalue weighted by molar-refractivity contribution is 9.10. The molecule has 74 valence electrons. The van der Waals surface area contributed by atoms with Gasteiger partial charge in [-0.05, 0) is 28.1 Å². The van der Waals surface area contributed by atoms with E-state index < -0.39 is 0 Å². The maximum absolute atomic E-state index is 8.93. The zero-order valence-electron chi connectivity index (χ0n) is 7.50. The van der Waals surface area contributed by atoms with Crippen LogP contribution in [0.25, 0.3) is 10.9 Å². The van der Waals surface area contributed by atoms with Crippen LogP contribution in [-0.2, 0) is 0 Å². The third-order valence-corrected chi connectivity index (χ3v) is 2.88. The molecular formula is C10H11BrN2O. The molecule has 2 rings (SSSR count). The number of aliphatic hydroxyl groups excluding tert-OH is 1. The van der Waals surface area contributed by atoms with Crippen LogP contribution in [0.2, 0.25) is 0 Å². The van der Waals surface area contributed by atoms with Gasteiger partial charge in [-0.25, -0.2) is 0 Å². The molecule has 1 aromatic heterocycles. The summed E-state index contributed by atoms with van der Waals surface area (Å²) in [6, 6.07) is 7.56. The van der Waals surface area contributed by atoms with E-state index in [9.17, 15) is 0 Å². The average molecular weight is 255 g/mol. The van der Waals surface area contributed by atoms with Crippen LogP contribution >= 0.6 is 15.9 Å². The number of nitrogens with two attached hydrogens (primary N) is 1. The van der Waals surface area contributed by atoms with Crippen molar-refractivity contribution in [2.45, 2.75) is 6.04 Å². The van der Waals surface area contributed by atoms with E-state index in [1.54, 1.807) is 0 Å². The van der Waals surface area contributed by atoms with E-state index in [2.05, 4.69) is 20.9 Å². The highest BCUT2D eigenvalue weighted by atomic mass is 79.9. The third kappa shape index (κ3) is 1.56. The number of para-hydroxylation sites is 1. The van der Waals surface area contributed by atoms with Gasteiger partial charge in [0.2, 0.25) is 0 Å². The Balaban J connectivity index is 2.56. The summed E-state index contributed by atoms with van der Waals surface area (Å²) < 4.78 is 1.01. The van der Waals surface area contributed by atoms with E-state index in [1.807, 2.05) is 24.3 Å². The molecule has 1 heterocycles. The predicted octanol–water partition coefficient (Wildman–Crippen LogP) is 1.92. The second-order valence-corrected chi connectivity index (χ2v) is 4.07. The summed E-state index contributed by atoms with van der Waals surface area (Å²) in [5.74, 6) is 0. The normalized spacial score (nSPS) is 13.4. The van der Waals surface area contributed by atoms with Gasteiger partial charge in [0.1, 0.15) is 0 Å². The first-order valence-corrected chi connectivity index (χ1v) is 5.15. The van der Waals surface area contributed by atoms with E-state index in [1.165, 1.54) is 0 Å². The molecule has 4 heteroatoms. The number of aromatic amines is 1. The van der Waals surface area contributed by atoms with Crippen molar-refractivity contribution in [3.63, 3.8) is 0 Å². The second-order valence-electron chi connectivity index (χ2n) is 3.22. The first-order valence-electron chi connectivity index (χ1n) is 4.36. The van der Waals surface area contributed by atoms with Crippen LogP contribution in [0.5, 0.6) is 0 Å². The minimum atomic E-state index is -0.339. The van der Waals surface area contributed by atoms with Crippen molar-refractivity contribution in [3.05, 3.63) is 34.4 Å². The molecule has 3 nitrogen and oxygen atoms in total. The topological polar surface area (TPSA) is 62.0 Å². The van der Waals surface area contributed by atoms with Crippen molar-refractivity contribution in [1.29, 1.82) is 0 Å². The molecule has 0 fully saturated rings. The lowest BCUT2D eigenvalue weighted by Crippen LogP contribution is -2.14. The molecule has 14 heavy (non-hydrogen) atoms. The summed E-state index contributed by atoms with van der Waals surface area (Å²) in [5.41, 5.74) is 7.59. The lowest BCUT2D eigenvalue weighted by molar-refractivity contribution is 0.266. The fourth-order valence-electron chi connectivity index (χ4n) is 1.44. The van der Waals surface area contributed by atoms with Crippen LogP contribution in [0.4, 0.5) is 0 Å². The molecule has 0 aliphatic carbocycles. The maximum Gasteiger partial charge on any atom is 0.0683 e. The van der Waals surface area contributed by atoms with E-state index in [-0.39, 0.29) is 12.6 Å². The first kappa shape index (κ1) is 9.71. The number of nitrogens with one attached hydrogen (secondary N) is 1. The van der Waals surface area contributed by atoms with Crippen molar-refractivity contribution in [1.82, 2.24) is 4.98 Å². The molecule has 0 spiro atoms. The molecule has 0 saturated heterocycles. The molecular weight excluding hydrogens is 244 g/mol. The maximum atomic E-state index is 8.93. The Morgan fingerprint density at radius 2 is 2.29 bits per heavy atom. The lowest BCUT2D eigenvalue weighted by Gasteiger charge is -2.03. The fourth-order valence-corrected chi connectivity index (χ4v) is 1.92. The molecule has 0 radical (unpaired) electrons. The van der Waals surface area contributed by atoms with Crippen LogP contribution in [-0.4, -0.2) is 16.7 Å². The lowest BCUT2D eigenvalue weighted by atomic mass is 10.2. The van der Waals surface area contributed by atoms with Crippen LogP contribution in [0.3, 0.4) is 0 Å². The number of benzene rings is 1. The minimum absolute atomic E-state index is 0.0511. The third-order valence-electron chi connectivity index (χ3n) is 2.22.